The topological polar surface area (TPSA) is 29.1 Å². The van der Waals surface area contributed by atoms with Gasteiger partial charge in [-0.25, -0.2) is 0 Å². The number of hydrogen-bond donors (Lipinski definition) is 1. The van der Waals surface area contributed by atoms with Gasteiger partial charge in [-0.05, 0) is 35.5 Å². The van der Waals surface area contributed by atoms with E-state index in [-0.39, 0.29) is 5.91 Å². The predicted octanol–water partition coefficient (Wildman–Crippen LogP) is 4.51. The van der Waals surface area contributed by atoms with Crippen LogP contribution >= 0.6 is 15.9 Å². The van der Waals surface area contributed by atoms with E-state index in [0.29, 0.717) is 17.8 Å². The Morgan fingerprint density at radius 2 is 1.80 bits per heavy atom. The van der Waals surface area contributed by atoms with Crippen LogP contribution in [0.15, 0.2) is 34.8 Å². The molecular formula is C17H24BrNO. The summed E-state index contributed by atoms with van der Waals surface area (Å²) in [5.74, 6) is 1.62. The zero-order valence-electron chi connectivity index (χ0n) is 12.7. The van der Waals surface area contributed by atoms with Crippen molar-refractivity contribution in [3.8, 4) is 0 Å². The minimum Gasteiger partial charge on any atom is -0.352 e. The number of halogens is 1. The first-order valence-electron chi connectivity index (χ1n) is 7.12. The molecule has 0 saturated heterocycles. The van der Waals surface area contributed by atoms with E-state index in [1.165, 1.54) is 0 Å². The molecule has 0 saturated carbocycles. The number of carbonyl (C=O) groups is 1. The molecule has 0 atom stereocenters. The highest BCUT2D eigenvalue weighted by Gasteiger charge is 2.17. The molecule has 1 amide bonds. The molecule has 0 unspecified atom stereocenters. The minimum atomic E-state index is -0.0351. The zero-order valence-corrected chi connectivity index (χ0v) is 14.3. The van der Waals surface area contributed by atoms with Gasteiger partial charge in [0.1, 0.15) is 0 Å². The van der Waals surface area contributed by atoms with Crippen molar-refractivity contribution in [1.29, 1.82) is 0 Å². The van der Waals surface area contributed by atoms with Gasteiger partial charge in [-0.2, -0.15) is 0 Å². The van der Waals surface area contributed by atoms with Gasteiger partial charge in [-0.1, -0.05) is 61.8 Å². The van der Waals surface area contributed by atoms with Crippen molar-refractivity contribution in [3.05, 3.63) is 40.4 Å². The summed E-state index contributed by atoms with van der Waals surface area (Å²) in [5, 5.41) is 2.99. The third-order valence-electron chi connectivity index (χ3n) is 3.54. The van der Waals surface area contributed by atoms with Gasteiger partial charge < -0.3 is 5.32 Å². The molecule has 0 aliphatic heterocycles. The van der Waals surface area contributed by atoms with Crippen molar-refractivity contribution in [1.82, 2.24) is 5.32 Å². The quantitative estimate of drug-likeness (QED) is 0.760. The van der Waals surface area contributed by atoms with E-state index in [2.05, 4.69) is 48.9 Å². The van der Waals surface area contributed by atoms with E-state index in [1.807, 2.05) is 30.3 Å². The number of carbonyl (C=O) groups excluding carboxylic acids is 1. The monoisotopic (exact) mass is 337 g/mol. The molecule has 1 N–H and O–H groups in total. The zero-order chi connectivity index (χ0) is 15.1. The molecule has 0 aliphatic rings. The van der Waals surface area contributed by atoms with Crippen LogP contribution < -0.4 is 5.32 Å². The van der Waals surface area contributed by atoms with Crippen molar-refractivity contribution in [3.63, 3.8) is 0 Å². The SMILES string of the molecule is CC(C)C(CNC(=O)/C=C/c1ccccc1Br)C(C)C. The second kappa shape index (κ2) is 8.25. The van der Waals surface area contributed by atoms with Gasteiger partial charge in [0.05, 0.1) is 0 Å². The first kappa shape index (κ1) is 17.0. The van der Waals surface area contributed by atoms with Crippen LogP contribution in [0, 0.1) is 17.8 Å². The van der Waals surface area contributed by atoms with E-state index in [1.54, 1.807) is 6.08 Å². The molecule has 0 aliphatic carbocycles. The van der Waals surface area contributed by atoms with E-state index in [9.17, 15) is 4.79 Å². The minimum absolute atomic E-state index is 0.0351. The normalized spacial score (nSPS) is 11.8. The number of amides is 1. The van der Waals surface area contributed by atoms with E-state index < -0.39 is 0 Å². The first-order valence-corrected chi connectivity index (χ1v) is 7.91. The van der Waals surface area contributed by atoms with Gasteiger partial charge in [0, 0.05) is 17.1 Å². The van der Waals surface area contributed by atoms with Gasteiger partial charge in [0.15, 0.2) is 0 Å². The summed E-state index contributed by atoms with van der Waals surface area (Å²) in [6, 6.07) is 7.84. The molecule has 1 rings (SSSR count). The van der Waals surface area contributed by atoms with Crippen LogP contribution in [0.1, 0.15) is 33.3 Å². The molecule has 1 aromatic rings. The highest BCUT2D eigenvalue weighted by molar-refractivity contribution is 9.10. The molecule has 0 fully saturated rings. The standard InChI is InChI=1S/C17H24BrNO/c1-12(2)15(13(3)4)11-19-17(20)10-9-14-7-5-6-8-16(14)18/h5-10,12-13,15H,11H2,1-4H3,(H,19,20)/b10-9+. The fourth-order valence-corrected chi connectivity index (χ4v) is 2.71. The van der Waals surface area contributed by atoms with Crippen molar-refractivity contribution in [2.24, 2.45) is 17.8 Å². The summed E-state index contributed by atoms with van der Waals surface area (Å²) in [6.07, 6.45) is 3.43. The molecule has 0 heterocycles. The van der Waals surface area contributed by atoms with Crippen LogP contribution in [-0.4, -0.2) is 12.5 Å². The Hall–Kier alpha value is -1.09. The molecule has 3 heteroatoms. The van der Waals surface area contributed by atoms with Crippen molar-refractivity contribution >= 4 is 27.9 Å². The van der Waals surface area contributed by atoms with E-state index in [4.69, 9.17) is 0 Å². The fourth-order valence-electron chi connectivity index (χ4n) is 2.29. The Labute approximate surface area is 130 Å². The van der Waals surface area contributed by atoms with Gasteiger partial charge in [-0.15, -0.1) is 0 Å². The van der Waals surface area contributed by atoms with Crippen LogP contribution in [-0.2, 0) is 4.79 Å². The second-order valence-corrected chi connectivity index (χ2v) is 6.61. The molecule has 0 bridgehead atoms. The van der Waals surface area contributed by atoms with Gasteiger partial charge in [0.25, 0.3) is 0 Å². The van der Waals surface area contributed by atoms with Gasteiger partial charge in [0.2, 0.25) is 5.91 Å². The average molecular weight is 338 g/mol. The highest BCUT2D eigenvalue weighted by atomic mass is 79.9. The summed E-state index contributed by atoms with van der Waals surface area (Å²) in [5.41, 5.74) is 1.01. The molecular weight excluding hydrogens is 314 g/mol. The summed E-state index contributed by atoms with van der Waals surface area (Å²) < 4.78 is 0.992. The van der Waals surface area contributed by atoms with Crippen molar-refractivity contribution < 1.29 is 4.79 Å². The summed E-state index contributed by atoms with van der Waals surface area (Å²) >= 11 is 3.46. The summed E-state index contributed by atoms with van der Waals surface area (Å²) in [6.45, 7) is 9.54. The van der Waals surface area contributed by atoms with E-state index in [0.717, 1.165) is 16.6 Å². The summed E-state index contributed by atoms with van der Waals surface area (Å²) in [7, 11) is 0. The van der Waals surface area contributed by atoms with Crippen molar-refractivity contribution in [2.45, 2.75) is 27.7 Å². The first-order chi connectivity index (χ1) is 9.41. The summed E-state index contributed by atoms with van der Waals surface area (Å²) in [4.78, 5) is 11.9. The number of hydrogen-bond acceptors (Lipinski definition) is 1. The largest absolute Gasteiger partial charge is 0.352 e. The lowest BCUT2D eigenvalue weighted by Gasteiger charge is -2.24. The number of nitrogens with one attached hydrogen (secondary N) is 1. The van der Waals surface area contributed by atoms with Crippen LogP contribution in [0.4, 0.5) is 0 Å². The Morgan fingerprint density at radius 3 is 2.35 bits per heavy atom. The molecule has 0 radical (unpaired) electrons. The lowest BCUT2D eigenvalue weighted by atomic mass is 9.85. The van der Waals surface area contributed by atoms with Crippen molar-refractivity contribution in [2.75, 3.05) is 6.54 Å². The van der Waals surface area contributed by atoms with Crippen LogP contribution in [0.5, 0.6) is 0 Å². The molecule has 2 nitrogen and oxygen atoms in total. The lowest BCUT2D eigenvalue weighted by Crippen LogP contribution is -2.32. The highest BCUT2D eigenvalue weighted by Crippen LogP contribution is 2.19. The Kier molecular flexibility index (Phi) is 7.00. The second-order valence-electron chi connectivity index (χ2n) is 5.75. The lowest BCUT2D eigenvalue weighted by molar-refractivity contribution is -0.116. The van der Waals surface area contributed by atoms with Crippen LogP contribution in [0.2, 0.25) is 0 Å². The third kappa shape index (κ3) is 5.49. The van der Waals surface area contributed by atoms with Crippen LogP contribution in [0.3, 0.4) is 0 Å². The predicted molar refractivity (Wildman–Crippen MR) is 89.4 cm³/mol. The molecule has 0 aromatic heterocycles. The molecule has 110 valence electrons. The Morgan fingerprint density at radius 1 is 1.20 bits per heavy atom. The Balaban J connectivity index is 2.54. The van der Waals surface area contributed by atoms with Crippen LogP contribution in [0.25, 0.3) is 6.08 Å². The maximum absolute atomic E-state index is 11.9. The molecule has 1 aromatic carbocycles. The van der Waals surface area contributed by atoms with E-state index >= 15 is 0 Å². The average Bonchev–Trinajstić information content (AvgIpc) is 2.37. The maximum atomic E-state index is 11.9. The Bertz CT molecular complexity index is 458. The van der Waals surface area contributed by atoms with Gasteiger partial charge >= 0.3 is 0 Å². The fraction of sp³-hybridized carbons (Fsp3) is 0.471. The van der Waals surface area contributed by atoms with Gasteiger partial charge in [-0.3, -0.25) is 4.79 Å². The molecule has 20 heavy (non-hydrogen) atoms. The third-order valence-corrected chi connectivity index (χ3v) is 4.27. The number of benzene rings is 1. The smallest absolute Gasteiger partial charge is 0.244 e. The molecule has 0 spiro atoms. The number of rotatable bonds is 6. The maximum Gasteiger partial charge on any atom is 0.244 e.